The highest BCUT2D eigenvalue weighted by molar-refractivity contribution is 5.94. The number of benzene rings is 4. The average Bonchev–Trinajstić information content (AvgIpc) is 0.837. The first kappa shape index (κ1) is 82.0. The molecule has 0 unspecified atom stereocenters. The summed E-state index contributed by atoms with van der Waals surface area (Å²) in [5.74, 6) is 12.9. The van der Waals surface area contributed by atoms with Gasteiger partial charge in [0, 0.05) is 11.8 Å². The van der Waals surface area contributed by atoms with Crippen molar-refractivity contribution < 1.29 is 91.0 Å². The van der Waals surface area contributed by atoms with E-state index >= 15 is 0 Å². The highest BCUT2D eigenvalue weighted by Crippen LogP contribution is 2.42. The van der Waals surface area contributed by atoms with E-state index < -0.39 is 11.9 Å². The van der Waals surface area contributed by atoms with E-state index in [1.807, 2.05) is 0 Å². The normalized spacial score (nSPS) is 10.6. The lowest BCUT2D eigenvalue weighted by molar-refractivity contribution is -0.286. The van der Waals surface area contributed by atoms with Crippen molar-refractivity contribution in [1.29, 1.82) is 0 Å². The average molecular weight is 1360 g/mol. The van der Waals surface area contributed by atoms with Crippen molar-refractivity contribution >= 4 is 22.7 Å². The van der Waals surface area contributed by atoms with Gasteiger partial charge in [-0.15, -0.1) is 19.7 Å². The zero-order valence-electron chi connectivity index (χ0n) is 57.8. The first-order chi connectivity index (χ1) is 48.3. The zero-order chi connectivity index (χ0) is 69.8. The fourth-order valence-electron chi connectivity index (χ4n) is 9.45. The molecule has 0 aliphatic heterocycles. The van der Waals surface area contributed by atoms with Crippen LogP contribution < -0.4 is 37.9 Å². The van der Waals surface area contributed by atoms with E-state index in [0.717, 1.165) is 154 Å². The SMILES string of the molecule is C=CCOOCCCCCCOc1ccc(C#CC(=O)Oc2ccc3cc(OC(=O)C#Cc4ccc(OCCCCCCOC=C)c(OCCCCCCOC=C)c4OCCCCCCOOCC=C)ccc3c2)c(OCCCCCCOC=C)c1OCCCCCCOOCC=C. The lowest BCUT2D eigenvalue weighted by Gasteiger charge is -2.19. The predicted octanol–water partition coefficient (Wildman–Crippen LogP) is 17.3. The molecule has 0 aliphatic carbocycles. The number of ether oxygens (including phenoxy) is 11. The molecule has 536 valence electrons. The van der Waals surface area contributed by atoms with Crippen LogP contribution in [-0.2, 0) is 53.1 Å². The topological polar surface area (TPSA) is 191 Å². The molecule has 0 radical (unpaired) electrons. The van der Waals surface area contributed by atoms with Crippen LogP contribution in [0.3, 0.4) is 0 Å². The summed E-state index contributed by atoms with van der Waals surface area (Å²) in [7, 11) is 0. The van der Waals surface area contributed by atoms with E-state index in [0.29, 0.717) is 155 Å². The minimum Gasteiger partial charge on any atom is -0.502 e. The summed E-state index contributed by atoms with van der Waals surface area (Å²) in [6, 6.07) is 17.4. The third-order valence-electron chi connectivity index (χ3n) is 14.5. The molecule has 4 aromatic rings. The second-order valence-electron chi connectivity index (χ2n) is 22.4. The van der Waals surface area contributed by atoms with Crippen molar-refractivity contribution in [3.05, 3.63) is 148 Å². The van der Waals surface area contributed by atoms with Crippen molar-refractivity contribution in [2.45, 2.75) is 154 Å². The number of unbranched alkanes of at least 4 members (excludes halogenated alkanes) is 18. The predicted molar refractivity (Wildman–Crippen MR) is 380 cm³/mol. The Labute approximate surface area is 582 Å². The first-order valence-electron chi connectivity index (χ1n) is 34.7. The van der Waals surface area contributed by atoms with Gasteiger partial charge in [0.1, 0.15) is 31.3 Å². The van der Waals surface area contributed by atoms with Gasteiger partial charge in [-0.05, 0) is 194 Å². The summed E-state index contributed by atoms with van der Waals surface area (Å²) in [5.41, 5.74) is 0.872. The molecule has 19 nitrogen and oxygen atoms in total. The fourth-order valence-corrected chi connectivity index (χ4v) is 9.45. The van der Waals surface area contributed by atoms with Crippen LogP contribution >= 0.6 is 0 Å². The number of hydrogen-bond acceptors (Lipinski definition) is 19. The zero-order valence-corrected chi connectivity index (χ0v) is 57.8. The Kier molecular flexibility index (Phi) is 47.4. The molecule has 0 atom stereocenters. The molecule has 4 aromatic carbocycles. The largest absolute Gasteiger partial charge is 0.502 e. The lowest BCUT2D eigenvalue weighted by Crippen LogP contribution is -2.08. The Bertz CT molecular complexity index is 3030. The van der Waals surface area contributed by atoms with Crippen LogP contribution in [0.5, 0.6) is 46.0 Å². The Balaban J connectivity index is 1.53. The molecular weight excluding hydrogens is 1250 g/mol. The molecule has 0 N–H and O–H groups in total. The van der Waals surface area contributed by atoms with Crippen LogP contribution in [0.2, 0.25) is 0 Å². The van der Waals surface area contributed by atoms with Gasteiger partial charge in [0.15, 0.2) is 23.0 Å². The summed E-state index contributed by atoms with van der Waals surface area (Å²) < 4.78 is 66.2. The van der Waals surface area contributed by atoms with Gasteiger partial charge in [-0.25, -0.2) is 38.9 Å². The van der Waals surface area contributed by atoms with Crippen molar-refractivity contribution in [1.82, 2.24) is 0 Å². The van der Waals surface area contributed by atoms with Crippen molar-refractivity contribution in [2.24, 2.45) is 0 Å². The van der Waals surface area contributed by atoms with Gasteiger partial charge in [-0.1, -0.05) is 81.2 Å². The monoisotopic (exact) mass is 1360 g/mol. The molecule has 0 heterocycles. The van der Waals surface area contributed by atoms with Gasteiger partial charge in [0.05, 0.1) is 109 Å². The second-order valence-corrected chi connectivity index (χ2v) is 22.4. The summed E-state index contributed by atoms with van der Waals surface area (Å²) in [4.78, 5) is 57.8. The van der Waals surface area contributed by atoms with Gasteiger partial charge in [-0.3, -0.25) is 0 Å². The summed E-state index contributed by atoms with van der Waals surface area (Å²) in [5, 5.41) is 1.43. The maximum atomic E-state index is 13.6. The first-order valence-corrected chi connectivity index (χ1v) is 34.7. The molecule has 0 aliphatic rings. The van der Waals surface area contributed by atoms with Crippen molar-refractivity contribution in [2.75, 3.05) is 99.1 Å². The standard InChI is InChI=1S/C79H106O19/c1-7-49-91-94-61-34-22-19-29-56-86-73-46-40-66(76(87-57-30-17-14-26-53-83-11-5)79(73)90-60-33-21-24-36-63-96-93-51-9-3)41-47-74(80)97-70-43-37-69-65-71(44-38-68(69)64-70)98-75(81)48-42-67-39-45-72(85-55-28-16-13-25-52-82-10-4)78(89-59-32-18-15-27-54-84-12-6)77(67)88-58-31-20-23-35-62-95-92-50-8-2/h7-12,37-40,43-46,64-65H,1-6,13-36,49-63H2. The number of fused-ring (bicyclic) bond motifs is 1. The molecule has 19 heteroatoms. The van der Waals surface area contributed by atoms with Crippen LogP contribution in [0, 0.1) is 23.7 Å². The molecule has 0 saturated heterocycles. The summed E-state index contributed by atoms with van der Waals surface area (Å²) in [6.45, 7) is 28.5. The van der Waals surface area contributed by atoms with E-state index in [2.05, 4.69) is 63.2 Å². The van der Waals surface area contributed by atoms with Crippen molar-refractivity contribution in [3.63, 3.8) is 0 Å². The molecular formula is C79H106O19. The number of carbonyl (C=O) groups is 2. The molecule has 0 saturated carbocycles. The molecule has 0 bridgehead atoms. The van der Waals surface area contributed by atoms with E-state index in [1.165, 1.54) is 18.8 Å². The van der Waals surface area contributed by atoms with Crippen LogP contribution in [0.25, 0.3) is 10.8 Å². The Hall–Kier alpha value is -8.40. The van der Waals surface area contributed by atoms with E-state index in [1.54, 1.807) is 78.9 Å². The molecule has 0 spiro atoms. The molecule has 0 fully saturated rings. The van der Waals surface area contributed by atoms with E-state index in [4.69, 9.17) is 81.4 Å². The number of hydrogen-bond donors (Lipinski definition) is 0. The van der Waals surface area contributed by atoms with E-state index in [-0.39, 0.29) is 11.5 Å². The smallest absolute Gasteiger partial charge is 0.390 e. The second kappa shape index (κ2) is 56.6. The maximum Gasteiger partial charge on any atom is 0.390 e. The number of rotatable bonds is 62. The number of esters is 2. The fraction of sp³-hybridized carbons (Fsp3) is 0.494. The quantitative estimate of drug-likeness (QED) is 0.00592. The minimum atomic E-state index is -0.791. The van der Waals surface area contributed by atoms with Crippen LogP contribution in [0.15, 0.2) is 137 Å². The van der Waals surface area contributed by atoms with Crippen molar-refractivity contribution in [3.8, 4) is 69.7 Å². The van der Waals surface area contributed by atoms with Gasteiger partial charge in [-0.2, -0.15) is 0 Å². The molecule has 0 amide bonds. The Morgan fingerprint density at radius 3 is 0.898 bits per heavy atom. The third kappa shape index (κ3) is 37.9. The summed E-state index contributed by atoms with van der Waals surface area (Å²) in [6.07, 6.45) is 30.3. The summed E-state index contributed by atoms with van der Waals surface area (Å²) >= 11 is 0. The highest BCUT2D eigenvalue weighted by Gasteiger charge is 2.21. The third-order valence-corrected chi connectivity index (χ3v) is 14.5. The molecule has 98 heavy (non-hydrogen) atoms. The molecule has 4 rings (SSSR count). The lowest BCUT2D eigenvalue weighted by atomic mass is 10.1. The Morgan fingerprint density at radius 1 is 0.306 bits per heavy atom. The van der Waals surface area contributed by atoms with E-state index in [9.17, 15) is 9.59 Å². The minimum absolute atomic E-state index is 0.261. The van der Waals surface area contributed by atoms with Gasteiger partial charge < -0.3 is 52.1 Å². The van der Waals surface area contributed by atoms with Crippen LogP contribution in [-0.4, -0.2) is 111 Å². The molecule has 0 aromatic heterocycles. The van der Waals surface area contributed by atoms with Crippen LogP contribution in [0.1, 0.15) is 165 Å². The Morgan fingerprint density at radius 2 is 0.592 bits per heavy atom. The van der Waals surface area contributed by atoms with Gasteiger partial charge in [0.2, 0.25) is 11.5 Å². The van der Waals surface area contributed by atoms with Crippen LogP contribution in [0.4, 0.5) is 0 Å². The highest BCUT2D eigenvalue weighted by atomic mass is 17.2. The number of carbonyl (C=O) groups excluding carboxylic acids is 2. The van der Waals surface area contributed by atoms with Gasteiger partial charge >= 0.3 is 11.9 Å². The maximum absolute atomic E-state index is 13.6. The van der Waals surface area contributed by atoms with Gasteiger partial charge in [0.25, 0.3) is 0 Å².